The molecular formula is C19H22N4O3S. The van der Waals surface area contributed by atoms with Gasteiger partial charge in [0, 0.05) is 49.6 Å². The first kappa shape index (κ1) is 17.9. The number of para-hydroxylation sites is 1. The number of nitrogens with zero attached hydrogens (tertiary/aromatic N) is 3. The summed E-state index contributed by atoms with van der Waals surface area (Å²) in [6.07, 6.45) is 1.40. The van der Waals surface area contributed by atoms with Crippen LogP contribution in [0.1, 0.15) is 20.4 Å². The topological polar surface area (TPSA) is 74.8 Å². The van der Waals surface area contributed by atoms with Crippen molar-refractivity contribution in [2.24, 2.45) is 0 Å². The van der Waals surface area contributed by atoms with Crippen molar-refractivity contribution in [1.82, 2.24) is 14.8 Å². The zero-order chi connectivity index (χ0) is 18.6. The smallest absolute Gasteiger partial charge is 0.321 e. The van der Waals surface area contributed by atoms with Gasteiger partial charge in [-0.25, -0.2) is 9.78 Å². The van der Waals surface area contributed by atoms with Gasteiger partial charge in [-0.3, -0.25) is 4.79 Å². The number of ether oxygens (including phenoxy) is 1. The fraction of sp³-hybridized carbons (Fsp3) is 0.421. The number of rotatable bonds is 2. The summed E-state index contributed by atoms with van der Waals surface area (Å²) < 4.78 is 5.31. The maximum Gasteiger partial charge on any atom is 0.321 e. The summed E-state index contributed by atoms with van der Waals surface area (Å²) in [6, 6.07) is 9.36. The molecule has 2 aliphatic rings. The van der Waals surface area contributed by atoms with Crippen molar-refractivity contribution in [2.75, 3.05) is 44.7 Å². The third kappa shape index (κ3) is 4.12. The van der Waals surface area contributed by atoms with Crippen LogP contribution < -0.4 is 5.32 Å². The third-order valence-electron chi connectivity index (χ3n) is 4.80. The average Bonchev–Trinajstić information content (AvgIpc) is 3.01. The number of thiazole rings is 1. The summed E-state index contributed by atoms with van der Waals surface area (Å²) in [5.41, 5.74) is 1.74. The van der Waals surface area contributed by atoms with Gasteiger partial charge in [0.15, 0.2) is 5.01 Å². The van der Waals surface area contributed by atoms with Crippen LogP contribution in [0.3, 0.4) is 0 Å². The van der Waals surface area contributed by atoms with Crippen LogP contribution in [0, 0.1) is 0 Å². The summed E-state index contributed by atoms with van der Waals surface area (Å²) >= 11 is 1.47. The third-order valence-corrected chi connectivity index (χ3v) is 5.94. The Labute approximate surface area is 161 Å². The van der Waals surface area contributed by atoms with E-state index in [2.05, 4.69) is 10.3 Å². The van der Waals surface area contributed by atoms with Crippen LogP contribution in [0.25, 0.3) is 0 Å². The summed E-state index contributed by atoms with van der Waals surface area (Å²) in [5.74, 6) is -0.00458. The van der Waals surface area contributed by atoms with E-state index in [-0.39, 0.29) is 11.9 Å². The Bertz CT molecular complexity index is 792. The minimum absolute atomic E-state index is 0.00458. The molecule has 0 bridgehead atoms. The van der Waals surface area contributed by atoms with Crippen molar-refractivity contribution in [3.63, 3.8) is 0 Å². The van der Waals surface area contributed by atoms with Crippen LogP contribution in [0.5, 0.6) is 0 Å². The molecule has 27 heavy (non-hydrogen) atoms. The predicted octanol–water partition coefficient (Wildman–Crippen LogP) is 2.25. The van der Waals surface area contributed by atoms with Crippen molar-refractivity contribution in [2.45, 2.75) is 12.8 Å². The van der Waals surface area contributed by atoms with Gasteiger partial charge in [-0.15, -0.1) is 11.3 Å². The van der Waals surface area contributed by atoms with E-state index < -0.39 is 0 Å². The molecule has 0 atom stereocenters. The van der Waals surface area contributed by atoms with Gasteiger partial charge in [0.25, 0.3) is 5.91 Å². The molecular weight excluding hydrogens is 364 g/mol. The number of hydrogen-bond acceptors (Lipinski definition) is 5. The van der Waals surface area contributed by atoms with E-state index >= 15 is 0 Å². The number of aromatic nitrogens is 1. The second-order valence-corrected chi connectivity index (χ2v) is 7.66. The van der Waals surface area contributed by atoms with Crippen LogP contribution in [0.15, 0.2) is 30.3 Å². The van der Waals surface area contributed by atoms with Crippen LogP contribution >= 0.6 is 11.3 Å². The highest BCUT2D eigenvalue weighted by atomic mass is 32.1. The van der Waals surface area contributed by atoms with E-state index in [0.29, 0.717) is 50.8 Å². The molecule has 0 unspecified atom stereocenters. The highest BCUT2D eigenvalue weighted by Crippen LogP contribution is 2.24. The first-order valence-corrected chi connectivity index (χ1v) is 9.99. The molecule has 1 saturated heterocycles. The molecule has 0 aliphatic carbocycles. The molecule has 0 radical (unpaired) electrons. The Morgan fingerprint density at radius 2 is 1.74 bits per heavy atom. The lowest BCUT2D eigenvalue weighted by molar-refractivity contribution is 0.0302. The van der Waals surface area contributed by atoms with E-state index in [1.165, 1.54) is 11.3 Å². The number of carbonyl (C=O) groups is 2. The van der Waals surface area contributed by atoms with Crippen molar-refractivity contribution in [3.05, 3.63) is 45.9 Å². The average molecular weight is 386 g/mol. The van der Waals surface area contributed by atoms with Gasteiger partial charge in [-0.05, 0) is 12.1 Å². The second-order valence-electron chi connectivity index (χ2n) is 6.58. The van der Waals surface area contributed by atoms with E-state index in [9.17, 15) is 9.59 Å². The van der Waals surface area contributed by atoms with Crippen LogP contribution in [0.4, 0.5) is 10.5 Å². The molecule has 1 aromatic carbocycles. The minimum Gasteiger partial charge on any atom is -0.378 e. The van der Waals surface area contributed by atoms with Gasteiger partial charge in [-0.2, -0.15) is 0 Å². The lowest BCUT2D eigenvalue weighted by atomic mass is 10.2. The fourth-order valence-corrected chi connectivity index (χ4v) is 4.35. The van der Waals surface area contributed by atoms with Gasteiger partial charge in [0.05, 0.1) is 18.9 Å². The number of urea groups is 1. The molecule has 2 aliphatic heterocycles. The van der Waals surface area contributed by atoms with Gasteiger partial charge >= 0.3 is 6.03 Å². The molecule has 1 aromatic heterocycles. The molecule has 0 spiro atoms. The molecule has 3 heterocycles. The molecule has 4 rings (SSSR count). The van der Waals surface area contributed by atoms with Gasteiger partial charge in [0.2, 0.25) is 0 Å². The lowest BCUT2D eigenvalue weighted by Gasteiger charge is -2.25. The normalized spacial score (nSPS) is 17.2. The monoisotopic (exact) mass is 386 g/mol. The highest BCUT2D eigenvalue weighted by molar-refractivity contribution is 7.13. The zero-order valence-corrected chi connectivity index (χ0v) is 15.8. The molecule has 1 fully saturated rings. The van der Waals surface area contributed by atoms with Crippen molar-refractivity contribution in [1.29, 1.82) is 0 Å². The van der Waals surface area contributed by atoms with Crippen LogP contribution in [0.2, 0.25) is 0 Å². The molecule has 8 heteroatoms. The van der Waals surface area contributed by atoms with E-state index in [1.54, 1.807) is 4.90 Å². The van der Waals surface area contributed by atoms with E-state index in [4.69, 9.17) is 4.74 Å². The molecule has 3 amide bonds. The Hall–Kier alpha value is -2.45. The number of nitrogens with one attached hydrogen (secondary N) is 1. The number of hydrogen-bond donors (Lipinski definition) is 1. The Morgan fingerprint density at radius 1 is 1.00 bits per heavy atom. The number of benzene rings is 1. The molecule has 0 saturated carbocycles. The first-order chi connectivity index (χ1) is 13.2. The summed E-state index contributed by atoms with van der Waals surface area (Å²) in [6.45, 7) is 3.64. The maximum absolute atomic E-state index is 12.6. The van der Waals surface area contributed by atoms with Crippen molar-refractivity contribution in [3.8, 4) is 0 Å². The van der Waals surface area contributed by atoms with Crippen molar-refractivity contribution >= 4 is 29.0 Å². The largest absolute Gasteiger partial charge is 0.378 e. The fourth-order valence-electron chi connectivity index (χ4n) is 3.28. The van der Waals surface area contributed by atoms with Gasteiger partial charge in [-0.1, -0.05) is 18.2 Å². The predicted molar refractivity (Wildman–Crippen MR) is 103 cm³/mol. The van der Waals surface area contributed by atoms with Crippen LogP contribution in [-0.4, -0.2) is 66.1 Å². The molecule has 142 valence electrons. The minimum atomic E-state index is -0.0963. The summed E-state index contributed by atoms with van der Waals surface area (Å²) in [4.78, 5) is 34.4. The molecule has 2 aromatic rings. The van der Waals surface area contributed by atoms with Crippen molar-refractivity contribution < 1.29 is 14.3 Å². The molecule has 7 nitrogen and oxygen atoms in total. The SMILES string of the molecule is O=C(Nc1ccccc1)N1CCc2nc(C(=O)N3CCOCC3)sc2CC1. The maximum atomic E-state index is 12.6. The highest BCUT2D eigenvalue weighted by Gasteiger charge is 2.26. The second kappa shape index (κ2) is 8.06. The molecule has 1 N–H and O–H groups in total. The Balaban J connectivity index is 1.38. The van der Waals surface area contributed by atoms with Gasteiger partial charge in [0.1, 0.15) is 0 Å². The standard InChI is InChI=1S/C19H22N4O3S/c24-18(22-10-12-26-13-11-22)17-21-15-6-8-23(9-7-16(15)27-17)19(25)20-14-4-2-1-3-5-14/h1-5H,6-13H2,(H,20,25). The lowest BCUT2D eigenvalue weighted by Crippen LogP contribution is -2.40. The Kier molecular flexibility index (Phi) is 5.35. The first-order valence-electron chi connectivity index (χ1n) is 9.17. The van der Waals surface area contributed by atoms with Gasteiger partial charge < -0.3 is 19.9 Å². The number of anilines is 1. The van der Waals surface area contributed by atoms with Crippen LogP contribution in [-0.2, 0) is 17.6 Å². The van der Waals surface area contributed by atoms with E-state index in [0.717, 1.165) is 22.7 Å². The number of amides is 3. The quantitative estimate of drug-likeness (QED) is 0.859. The van der Waals surface area contributed by atoms with E-state index in [1.807, 2.05) is 35.2 Å². The number of carbonyl (C=O) groups excluding carboxylic acids is 2. The number of morpholine rings is 1. The summed E-state index contributed by atoms with van der Waals surface area (Å²) in [5, 5.41) is 3.49. The Morgan fingerprint density at radius 3 is 2.52 bits per heavy atom. The summed E-state index contributed by atoms with van der Waals surface area (Å²) in [7, 11) is 0. The zero-order valence-electron chi connectivity index (χ0n) is 15.0. The number of fused-ring (bicyclic) bond motifs is 1.